The lowest BCUT2D eigenvalue weighted by Crippen LogP contribution is -2.37. The van der Waals surface area contributed by atoms with Gasteiger partial charge in [0.15, 0.2) is 0 Å². The SMILES string of the molecule is Cc1ccc(S(=O)(=O)O)cc1.OC(Cn1ccc(/C=C/c2ccc(Cl)cc2)c1)(Cn1cncn1)c1ccc(F)cc1F. The molecule has 3 aromatic carbocycles. The Morgan fingerprint density at radius 3 is 2.26 bits per heavy atom. The van der Waals surface area contributed by atoms with E-state index in [1.807, 2.05) is 55.6 Å². The van der Waals surface area contributed by atoms with E-state index in [0.29, 0.717) is 5.02 Å². The Morgan fingerprint density at radius 2 is 1.64 bits per heavy atom. The third-order valence-electron chi connectivity index (χ3n) is 6.20. The molecule has 0 fully saturated rings. The Balaban J connectivity index is 0.000000310. The summed E-state index contributed by atoms with van der Waals surface area (Å²) in [5.41, 5.74) is 1.15. The second-order valence-electron chi connectivity index (χ2n) is 9.54. The van der Waals surface area contributed by atoms with E-state index in [1.165, 1.54) is 35.5 Å². The van der Waals surface area contributed by atoms with Gasteiger partial charge in [-0.15, -0.1) is 0 Å². The van der Waals surface area contributed by atoms with Gasteiger partial charge in [-0.25, -0.2) is 18.4 Å². The smallest absolute Gasteiger partial charge is 0.294 e. The number of benzene rings is 3. The van der Waals surface area contributed by atoms with Crippen molar-refractivity contribution in [2.24, 2.45) is 0 Å². The van der Waals surface area contributed by atoms with E-state index in [0.717, 1.165) is 28.8 Å². The van der Waals surface area contributed by atoms with Crippen LogP contribution in [0.1, 0.15) is 22.3 Å². The number of halogens is 3. The summed E-state index contributed by atoms with van der Waals surface area (Å²) in [5, 5.41) is 16.1. The van der Waals surface area contributed by atoms with E-state index >= 15 is 0 Å². The molecule has 2 aromatic heterocycles. The van der Waals surface area contributed by atoms with E-state index in [-0.39, 0.29) is 23.5 Å². The van der Waals surface area contributed by atoms with E-state index in [4.69, 9.17) is 16.2 Å². The van der Waals surface area contributed by atoms with Crippen LogP contribution < -0.4 is 0 Å². The van der Waals surface area contributed by atoms with Crippen LogP contribution in [-0.4, -0.2) is 37.4 Å². The molecular formula is C30H27ClF2N4O4S. The van der Waals surface area contributed by atoms with Gasteiger partial charge < -0.3 is 9.67 Å². The molecule has 2 heterocycles. The number of rotatable bonds is 8. The Bertz CT molecular complexity index is 1760. The topological polar surface area (TPSA) is 110 Å². The number of hydrogen-bond acceptors (Lipinski definition) is 5. The predicted molar refractivity (Wildman–Crippen MR) is 156 cm³/mol. The summed E-state index contributed by atoms with van der Waals surface area (Å²) < 4.78 is 60.7. The van der Waals surface area contributed by atoms with Crippen molar-refractivity contribution in [3.05, 3.63) is 137 Å². The van der Waals surface area contributed by atoms with Gasteiger partial charge >= 0.3 is 0 Å². The molecule has 0 aliphatic rings. The lowest BCUT2D eigenvalue weighted by molar-refractivity contribution is -0.00534. The third kappa shape index (κ3) is 8.43. The zero-order chi connectivity index (χ0) is 30.3. The highest BCUT2D eigenvalue weighted by atomic mass is 35.5. The van der Waals surface area contributed by atoms with Crippen molar-refractivity contribution in [1.82, 2.24) is 19.3 Å². The molecule has 0 spiro atoms. The highest BCUT2D eigenvalue weighted by Crippen LogP contribution is 2.29. The molecule has 0 saturated carbocycles. The minimum absolute atomic E-state index is 0.0173. The van der Waals surface area contributed by atoms with Crippen LogP contribution in [0.3, 0.4) is 0 Å². The van der Waals surface area contributed by atoms with Crippen LogP contribution in [0.5, 0.6) is 0 Å². The van der Waals surface area contributed by atoms with E-state index in [9.17, 15) is 22.3 Å². The molecule has 0 aliphatic carbocycles. The lowest BCUT2D eigenvalue weighted by Gasteiger charge is -2.29. The largest absolute Gasteiger partial charge is 0.381 e. The van der Waals surface area contributed by atoms with E-state index in [2.05, 4.69) is 10.1 Å². The Morgan fingerprint density at radius 1 is 0.952 bits per heavy atom. The van der Waals surface area contributed by atoms with Crippen molar-refractivity contribution in [1.29, 1.82) is 0 Å². The molecule has 5 aromatic rings. The molecule has 5 rings (SSSR count). The summed E-state index contributed by atoms with van der Waals surface area (Å²) in [7, 11) is -4.02. The first-order chi connectivity index (χ1) is 19.9. The van der Waals surface area contributed by atoms with Crippen molar-refractivity contribution in [3.8, 4) is 0 Å². The standard InChI is InChI=1S/C23H19ClF2N4O.C7H8O3S/c24-19-5-3-17(4-6-19)1-2-18-9-10-29(12-18)13-23(31,14-30-16-27-15-28-30)21-8-7-20(25)11-22(21)26;1-6-2-4-7(5-3-6)11(8,9)10/h1-12,15-16,31H,13-14H2;2-5H,1H3,(H,8,9,10)/b2-1+;. The molecule has 0 bridgehead atoms. The van der Waals surface area contributed by atoms with Crippen LogP contribution in [0.2, 0.25) is 5.02 Å². The minimum Gasteiger partial charge on any atom is -0.381 e. The Hall–Kier alpha value is -4.16. The summed E-state index contributed by atoms with van der Waals surface area (Å²) in [6.45, 7) is 1.82. The maximum Gasteiger partial charge on any atom is 0.294 e. The molecule has 0 saturated heterocycles. The van der Waals surface area contributed by atoms with Crippen LogP contribution >= 0.6 is 11.6 Å². The summed E-state index contributed by atoms with van der Waals surface area (Å²) in [5.74, 6) is -1.53. The maximum absolute atomic E-state index is 14.5. The molecule has 8 nitrogen and oxygen atoms in total. The zero-order valence-electron chi connectivity index (χ0n) is 22.3. The number of aromatic nitrogens is 4. The molecular weight excluding hydrogens is 586 g/mol. The number of hydrogen-bond donors (Lipinski definition) is 2. The van der Waals surface area contributed by atoms with Gasteiger partial charge in [0.1, 0.15) is 29.9 Å². The van der Waals surface area contributed by atoms with Gasteiger partial charge in [0.25, 0.3) is 10.1 Å². The summed E-state index contributed by atoms with van der Waals surface area (Å²) in [6, 6.07) is 18.4. The van der Waals surface area contributed by atoms with Crippen LogP contribution in [0.4, 0.5) is 8.78 Å². The lowest BCUT2D eigenvalue weighted by atomic mass is 9.92. The van der Waals surface area contributed by atoms with Crippen molar-refractivity contribution < 1.29 is 26.9 Å². The molecule has 1 atom stereocenters. The predicted octanol–water partition coefficient (Wildman–Crippen LogP) is 6.01. The van der Waals surface area contributed by atoms with Gasteiger partial charge in [-0.3, -0.25) is 4.55 Å². The average Bonchev–Trinajstić information content (AvgIpc) is 3.60. The maximum atomic E-state index is 14.5. The first kappa shape index (κ1) is 30.8. The second-order valence-corrected chi connectivity index (χ2v) is 11.4. The first-order valence-corrected chi connectivity index (χ1v) is 14.4. The van der Waals surface area contributed by atoms with Crippen LogP contribution in [0, 0.1) is 18.6 Å². The second kappa shape index (κ2) is 13.2. The molecule has 2 N–H and O–H groups in total. The molecule has 218 valence electrons. The highest BCUT2D eigenvalue weighted by Gasteiger charge is 2.34. The third-order valence-corrected chi connectivity index (χ3v) is 7.32. The van der Waals surface area contributed by atoms with E-state index < -0.39 is 27.4 Å². The average molecular weight is 613 g/mol. The monoisotopic (exact) mass is 612 g/mol. The summed E-state index contributed by atoms with van der Waals surface area (Å²) in [4.78, 5) is 3.80. The van der Waals surface area contributed by atoms with E-state index in [1.54, 1.807) is 22.9 Å². The molecule has 12 heteroatoms. The zero-order valence-corrected chi connectivity index (χ0v) is 23.9. The fourth-order valence-electron chi connectivity index (χ4n) is 4.10. The van der Waals surface area contributed by atoms with Crippen molar-refractivity contribution in [2.75, 3.05) is 0 Å². The number of nitrogens with zero attached hydrogens (tertiary/aromatic N) is 4. The van der Waals surface area contributed by atoms with Crippen LogP contribution in [0.25, 0.3) is 12.2 Å². The van der Waals surface area contributed by atoms with Gasteiger partial charge in [0, 0.05) is 29.0 Å². The van der Waals surface area contributed by atoms with Gasteiger partial charge in [0.2, 0.25) is 0 Å². The van der Waals surface area contributed by atoms with Gasteiger partial charge in [-0.1, -0.05) is 59.6 Å². The summed E-state index contributed by atoms with van der Waals surface area (Å²) >= 11 is 5.91. The molecule has 0 radical (unpaired) electrons. The van der Waals surface area contributed by atoms with Crippen molar-refractivity contribution in [3.63, 3.8) is 0 Å². The highest BCUT2D eigenvalue weighted by molar-refractivity contribution is 7.85. The molecule has 42 heavy (non-hydrogen) atoms. The minimum atomic E-state index is -4.02. The first-order valence-electron chi connectivity index (χ1n) is 12.6. The normalized spacial score (nSPS) is 13.0. The Kier molecular flexibility index (Phi) is 9.69. The fourth-order valence-corrected chi connectivity index (χ4v) is 4.71. The van der Waals surface area contributed by atoms with Crippen LogP contribution in [0.15, 0.2) is 103 Å². The van der Waals surface area contributed by atoms with Crippen molar-refractivity contribution >= 4 is 33.9 Å². The number of aliphatic hydroxyl groups is 1. The molecule has 0 amide bonds. The molecule has 1 unspecified atom stereocenters. The number of aryl methyl sites for hydroxylation is 1. The van der Waals surface area contributed by atoms with Gasteiger partial charge in [-0.2, -0.15) is 13.5 Å². The van der Waals surface area contributed by atoms with Gasteiger partial charge in [0.05, 0.1) is 18.0 Å². The quantitative estimate of drug-likeness (QED) is 0.208. The van der Waals surface area contributed by atoms with Crippen LogP contribution in [-0.2, 0) is 28.8 Å². The molecule has 0 aliphatic heterocycles. The van der Waals surface area contributed by atoms with Crippen molar-refractivity contribution in [2.45, 2.75) is 30.5 Å². The fraction of sp³-hybridized carbons (Fsp3) is 0.133. The van der Waals surface area contributed by atoms with Gasteiger partial charge in [-0.05, 0) is 54.4 Å². The summed E-state index contributed by atoms with van der Waals surface area (Å²) in [6.07, 6.45) is 10.3. The Labute approximate surface area is 246 Å².